The summed E-state index contributed by atoms with van der Waals surface area (Å²) in [5.74, 6) is -0.0895. The number of rotatable bonds is 6. The molecule has 0 heterocycles. The lowest BCUT2D eigenvalue weighted by molar-refractivity contribution is 0.102. The minimum absolute atomic E-state index is 0.0895. The molecule has 3 aromatic rings. The summed E-state index contributed by atoms with van der Waals surface area (Å²) < 4.78 is 0. The van der Waals surface area contributed by atoms with Crippen LogP contribution < -0.4 is 10.6 Å². The molecule has 0 saturated carbocycles. The van der Waals surface area contributed by atoms with Gasteiger partial charge >= 0.3 is 0 Å². The molecule has 1 unspecified atom stereocenters. The van der Waals surface area contributed by atoms with Crippen molar-refractivity contribution in [2.45, 2.75) is 33.4 Å². The molecule has 27 heavy (non-hydrogen) atoms. The highest BCUT2D eigenvalue weighted by atomic mass is 16.1. The van der Waals surface area contributed by atoms with Crippen molar-refractivity contribution in [2.75, 3.05) is 5.32 Å². The van der Waals surface area contributed by atoms with Gasteiger partial charge in [-0.05, 0) is 61.7 Å². The second-order valence-corrected chi connectivity index (χ2v) is 6.98. The summed E-state index contributed by atoms with van der Waals surface area (Å²) in [5.41, 5.74) is 6.35. The number of aryl methyl sites for hydroxylation is 2. The third-order valence-electron chi connectivity index (χ3n) is 4.77. The number of nitrogens with one attached hydrogen (secondary N) is 2. The maximum Gasteiger partial charge on any atom is 0.255 e. The Morgan fingerprint density at radius 1 is 0.926 bits per heavy atom. The van der Waals surface area contributed by atoms with Crippen LogP contribution in [0.1, 0.15) is 45.6 Å². The molecule has 0 radical (unpaired) electrons. The fourth-order valence-corrected chi connectivity index (χ4v) is 3.12. The largest absolute Gasteiger partial charge is 0.322 e. The lowest BCUT2D eigenvalue weighted by Gasteiger charge is -2.17. The molecule has 0 aliphatic rings. The molecule has 1 amide bonds. The maximum absolute atomic E-state index is 12.4. The normalized spacial score (nSPS) is 11.8. The highest BCUT2D eigenvalue weighted by Crippen LogP contribution is 2.18. The first-order chi connectivity index (χ1) is 13.0. The minimum atomic E-state index is -0.0895. The van der Waals surface area contributed by atoms with Gasteiger partial charge in [0.15, 0.2) is 0 Å². The monoisotopic (exact) mass is 358 g/mol. The number of carbonyl (C=O) groups excluding carboxylic acids is 1. The van der Waals surface area contributed by atoms with Crippen LogP contribution in [-0.4, -0.2) is 5.91 Å². The standard InChI is InChI=1S/C24H26N2O/c1-17-11-13-21(14-12-17)24(27)26-22-9-6-8-20(15-22)16-25-19(3)23-10-5-4-7-18(23)2/h4-15,19,25H,16H2,1-3H3,(H,26,27). The van der Waals surface area contributed by atoms with Gasteiger partial charge < -0.3 is 10.6 Å². The van der Waals surface area contributed by atoms with E-state index >= 15 is 0 Å². The van der Waals surface area contributed by atoms with Gasteiger partial charge in [-0.25, -0.2) is 0 Å². The first kappa shape index (κ1) is 18.9. The highest BCUT2D eigenvalue weighted by molar-refractivity contribution is 6.04. The lowest BCUT2D eigenvalue weighted by atomic mass is 10.0. The van der Waals surface area contributed by atoms with Crippen LogP contribution in [0.2, 0.25) is 0 Å². The van der Waals surface area contributed by atoms with E-state index in [1.165, 1.54) is 11.1 Å². The second kappa shape index (κ2) is 8.65. The van der Waals surface area contributed by atoms with Crippen molar-refractivity contribution >= 4 is 11.6 Å². The number of amides is 1. The fraction of sp³-hybridized carbons (Fsp3) is 0.208. The van der Waals surface area contributed by atoms with Crippen molar-refractivity contribution < 1.29 is 4.79 Å². The molecule has 3 rings (SSSR count). The summed E-state index contributed by atoms with van der Waals surface area (Å²) in [6, 6.07) is 24.2. The van der Waals surface area contributed by atoms with Gasteiger partial charge in [-0.2, -0.15) is 0 Å². The van der Waals surface area contributed by atoms with Crippen LogP contribution in [0.3, 0.4) is 0 Å². The zero-order valence-corrected chi connectivity index (χ0v) is 16.1. The molecule has 0 aromatic heterocycles. The van der Waals surface area contributed by atoms with Gasteiger partial charge in [-0.15, -0.1) is 0 Å². The Labute approximate surface area is 161 Å². The van der Waals surface area contributed by atoms with Gasteiger partial charge in [-0.3, -0.25) is 4.79 Å². The van der Waals surface area contributed by atoms with E-state index in [0.29, 0.717) is 5.56 Å². The van der Waals surface area contributed by atoms with Crippen molar-refractivity contribution in [2.24, 2.45) is 0 Å². The first-order valence-electron chi connectivity index (χ1n) is 9.29. The molecule has 0 fully saturated rings. The Morgan fingerprint density at radius 3 is 2.41 bits per heavy atom. The van der Waals surface area contributed by atoms with Crippen molar-refractivity contribution in [1.82, 2.24) is 5.32 Å². The summed E-state index contributed by atoms with van der Waals surface area (Å²) in [6.45, 7) is 7.06. The number of carbonyl (C=O) groups is 1. The minimum Gasteiger partial charge on any atom is -0.322 e. The summed E-state index contributed by atoms with van der Waals surface area (Å²) in [4.78, 5) is 12.4. The van der Waals surface area contributed by atoms with Crippen LogP contribution in [0.5, 0.6) is 0 Å². The summed E-state index contributed by atoms with van der Waals surface area (Å²) in [6.07, 6.45) is 0. The second-order valence-electron chi connectivity index (χ2n) is 6.98. The van der Waals surface area contributed by atoms with Crippen molar-refractivity contribution in [3.05, 3.63) is 101 Å². The molecule has 0 aliphatic heterocycles. The average Bonchev–Trinajstić information content (AvgIpc) is 2.67. The average molecular weight is 358 g/mol. The van der Waals surface area contributed by atoms with Crippen LogP contribution in [0.15, 0.2) is 72.8 Å². The van der Waals surface area contributed by atoms with E-state index in [4.69, 9.17) is 0 Å². The smallest absolute Gasteiger partial charge is 0.255 e. The van der Waals surface area contributed by atoms with Gasteiger partial charge in [0.2, 0.25) is 0 Å². The van der Waals surface area contributed by atoms with E-state index in [1.54, 1.807) is 0 Å². The van der Waals surface area contributed by atoms with E-state index in [1.807, 2.05) is 49.4 Å². The predicted octanol–water partition coefficient (Wildman–Crippen LogP) is 5.41. The van der Waals surface area contributed by atoms with E-state index < -0.39 is 0 Å². The summed E-state index contributed by atoms with van der Waals surface area (Å²) in [7, 11) is 0. The maximum atomic E-state index is 12.4. The molecule has 1 atom stereocenters. The Hall–Kier alpha value is -2.91. The number of benzene rings is 3. The van der Waals surface area contributed by atoms with Gasteiger partial charge in [0.25, 0.3) is 5.91 Å². The topological polar surface area (TPSA) is 41.1 Å². The molecule has 2 N–H and O–H groups in total. The zero-order chi connectivity index (χ0) is 19.2. The van der Waals surface area contributed by atoms with E-state index in [-0.39, 0.29) is 11.9 Å². The van der Waals surface area contributed by atoms with Gasteiger partial charge in [0, 0.05) is 23.8 Å². The van der Waals surface area contributed by atoms with Crippen molar-refractivity contribution in [1.29, 1.82) is 0 Å². The lowest BCUT2D eigenvalue weighted by Crippen LogP contribution is -2.19. The van der Waals surface area contributed by atoms with Gasteiger partial charge in [0.05, 0.1) is 0 Å². The third kappa shape index (κ3) is 5.05. The Bertz CT molecular complexity index is 916. The summed E-state index contributed by atoms with van der Waals surface area (Å²) >= 11 is 0. The Morgan fingerprint density at radius 2 is 1.67 bits per heavy atom. The number of anilines is 1. The quantitative estimate of drug-likeness (QED) is 0.619. The highest BCUT2D eigenvalue weighted by Gasteiger charge is 2.09. The van der Waals surface area contributed by atoms with Crippen LogP contribution in [0.4, 0.5) is 5.69 Å². The van der Waals surface area contributed by atoms with Crippen LogP contribution >= 0.6 is 0 Å². The van der Waals surface area contributed by atoms with E-state index in [0.717, 1.165) is 23.4 Å². The molecule has 3 heteroatoms. The molecule has 0 aliphatic carbocycles. The molecule has 138 valence electrons. The summed E-state index contributed by atoms with van der Waals surface area (Å²) in [5, 5.41) is 6.54. The molecule has 0 spiro atoms. The molecule has 0 saturated heterocycles. The van der Waals surface area contributed by atoms with E-state index in [2.05, 4.69) is 54.8 Å². The van der Waals surface area contributed by atoms with Crippen molar-refractivity contribution in [3.63, 3.8) is 0 Å². The van der Waals surface area contributed by atoms with Crippen molar-refractivity contribution in [3.8, 4) is 0 Å². The number of hydrogen-bond acceptors (Lipinski definition) is 2. The third-order valence-corrected chi connectivity index (χ3v) is 4.77. The van der Waals surface area contributed by atoms with E-state index in [9.17, 15) is 4.79 Å². The van der Waals surface area contributed by atoms with Crippen LogP contribution in [0.25, 0.3) is 0 Å². The van der Waals surface area contributed by atoms with Crippen LogP contribution in [-0.2, 0) is 6.54 Å². The molecule has 3 nitrogen and oxygen atoms in total. The Balaban J connectivity index is 1.62. The van der Waals surface area contributed by atoms with Gasteiger partial charge in [-0.1, -0.05) is 54.1 Å². The van der Waals surface area contributed by atoms with Gasteiger partial charge in [0.1, 0.15) is 0 Å². The Kier molecular flexibility index (Phi) is 6.05. The zero-order valence-electron chi connectivity index (χ0n) is 16.1. The molecule has 3 aromatic carbocycles. The fourth-order valence-electron chi connectivity index (χ4n) is 3.12. The SMILES string of the molecule is Cc1ccc(C(=O)Nc2cccc(CNC(C)c3ccccc3C)c2)cc1. The molecular weight excluding hydrogens is 332 g/mol. The molecule has 0 bridgehead atoms. The molecular formula is C24H26N2O. The number of hydrogen-bond donors (Lipinski definition) is 2. The van der Waals surface area contributed by atoms with Crippen LogP contribution in [0, 0.1) is 13.8 Å². The predicted molar refractivity (Wildman–Crippen MR) is 112 cm³/mol. The first-order valence-corrected chi connectivity index (χ1v) is 9.29.